The zero-order valence-electron chi connectivity index (χ0n) is 13.1. The van der Waals surface area contributed by atoms with E-state index < -0.39 is 5.79 Å². The molecular weight excluding hydrogens is 363 g/mol. The minimum Gasteiger partial charge on any atom is -0.365 e. The molecule has 1 aromatic rings. The molecule has 0 saturated heterocycles. The van der Waals surface area contributed by atoms with Gasteiger partial charge >= 0.3 is 0 Å². The van der Waals surface area contributed by atoms with E-state index in [9.17, 15) is 5.11 Å². The van der Waals surface area contributed by atoms with E-state index in [0.717, 1.165) is 12.8 Å². The Morgan fingerprint density at radius 3 is 1.83 bits per heavy atom. The molecule has 0 amide bonds. The Balaban J connectivity index is -0.000000134. The van der Waals surface area contributed by atoms with Gasteiger partial charge in [0.15, 0.2) is 5.79 Å². The van der Waals surface area contributed by atoms with Gasteiger partial charge in [0.2, 0.25) is 0 Å². The number of aliphatic hydroxyl groups is 1. The van der Waals surface area contributed by atoms with E-state index in [4.69, 9.17) is 4.74 Å². The molecule has 2 rings (SSSR count). The first-order valence-corrected chi connectivity index (χ1v) is 7.07. The molecule has 1 aromatic carbocycles. The molecule has 0 aromatic heterocycles. The summed E-state index contributed by atoms with van der Waals surface area (Å²) in [6.45, 7) is 8.94. The van der Waals surface area contributed by atoms with Crippen molar-refractivity contribution in [3.05, 3.63) is 35.9 Å². The summed E-state index contributed by atoms with van der Waals surface area (Å²) in [6, 6.07) is 10.9. The SMILES string of the molecule is C.C.C.CC(C)NCOC1(O)CC1.CC(C)c1ccccc1.[Y]. The van der Waals surface area contributed by atoms with Crippen LogP contribution in [0.5, 0.6) is 0 Å². The third-order valence-electron chi connectivity index (χ3n) is 2.98. The predicted octanol–water partition coefficient (Wildman–Crippen LogP) is 5.16. The van der Waals surface area contributed by atoms with Crippen LogP contribution in [0.25, 0.3) is 0 Å². The van der Waals surface area contributed by atoms with E-state index in [1.54, 1.807) is 0 Å². The maximum absolute atomic E-state index is 9.18. The normalized spacial score (nSPS) is 13.3. The van der Waals surface area contributed by atoms with Gasteiger partial charge in [-0.25, -0.2) is 0 Å². The average Bonchev–Trinajstić information content (AvgIpc) is 3.09. The molecule has 0 spiro atoms. The van der Waals surface area contributed by atoms with Crippen LogP contribution in [0.3, 0.4) is 0 Å². The van der Waals surface area contributed by atoms with Crippen molar-refractivity contribution in [2.75, 3.05) is 6.73 Å². The van der Waals surface area contributed by atoms with Crippen LogP contribution in [-0.4, -0.2) is 23.7 Å². The zero-order chi connectivity index (χ0) is 14.3. The summed E-state index contributed by atoms with van der Waals surface area (Å²) in [7, 11) is 0. The number of benzene rings is 1. The van der Waals surface area contributed by atoms with Crippen molar-refractivity contribution in [3.63, 3.8) is 0 Å². The minimum atomic E-state index is -0.776. The molecule has 0 aliphatic heterocycles. The Morgan fingerprint density at radius 2 is 1.52 bits per heavy atom. The second kappa shape index (κ2) is 15.7. The van der Waals surface area contributed by atoms with Crippen LogP contribution in [0.2, 0.25) is 0 Å². The summed E-state index contributed by atoms with van der Waals surface area (Å²) in [5.74, 6) is -0.117. The van der Waals surface area contributed by atoms with E-state index in [1.165, 1.54) is 5.56 Å². The second-order valence-corrected chi connectivity index (χ2v) is 5.66. The maximum atomic E-state index is 9.18. The van der Waals surface area contributed by atoms with Gasteiger partial charge < -0.3 is 9.84 Å². The molecule has 4 heteroatoms. The van der Waals surface area contributed by atoms with Gasteiger partial charge in [-0.1, -0.05) is 66.5 Å². The van der Waals surface area contributed by atoms with Gasteiger partial charge in [0.05, 0.1) is 0 Å². The summed E-state index contributed by atoms with van der Waals surface area (Å²) >= 11 is 0. The number of hydrogen-bond acceptors (Lipinski definition) is 3. The molecule has 2 N–H and O–H groups in total. The molecule has 1 aliphatic carbocycles. The molecule has 0 unspecified atom stereocenters. The summed E-state index contributed by atoms with van der Waals surface area (Å²) in [5.41, 5.74) is 1.41. The number of hydrogen-bond donors (Lipinski definition) is 2. The summed E-state index contributed by atoms with van der Waals surface area (Å²) in [5, 5.41) is 12.2. The standard InChI is InChI=1S/C9H12.C7H15NO2.3CH4.Y/c1-8(2)9-6-4-3-5-7-9;1-6(2)8-5-10-7(9)3-4-7;;;;/h3-8H,1-2H3;6,8-9H,3-5H2,1-2H3;3*1H4;. The van der Waals surface area contributed by atoms with Crippen LogP contribution in [0.4, 0.5) is 0 Å². The topological polar surface area (TPSA) is 41.5 Å². The molecule has 1 aliphatic rings. The van der Waals surface area contributed by atoms with Crippen LogP contribution in [-0.2, 0) is 37.4 Å². The van der Waals surface area contributed by atoms with Crippen LogP contribution in [0, 0.1) is 0 Å². The average molecular weight is 402 g/mol. The van der Waals surface area contributed by atoms with Gasteiger partial charge in [-0.15, -0.1) is 0 Å². The largest absolute Gasteiger partial charge is 0.365 e. The fourth-order valence-corrected chi connectivity index (χ4v) is 1.43. The maximum Gasteiger partial charge on any atom is 0.167 e. The van der Waals surface area contributed by atoms with E-state index in [-0.39, 0.29) is 55.0 Å². The number of ether oxygens (including phenoxy) is 1. The van der Waals surface area contributed by atoms with Crippen molar-refractivity contribution in [1.82, 2.24) is 5.32 Å². The van der Waals surface area contributed by atoms with Crippen LogP contribution in [0.1, 0.15) is 74.3 Å². The third kappa shape index (κ3) is 15.5. The molecule has 1 saturated carbocycles. The molecule has 1 radical (unpaired) electrons. The van der Waals surface area contributed by atoms with Gasteiger partial charge in [-0.3, -0.25) is 5.32 Å². The number of rotatable bonds is 5. The fraction of sp³-hybridized carbons (Fsp3) is 0.684. The second-order valence-electron chi connectivity index (χ2n) is 5.66. The van der Waals surface area contributed by atoms with Crippen molar-refractivity contribution in [2.45, 2.75) is 80.6 Å². The first-order chi connectivity index (χ1) is 8.93. The Hall–Kier alpha value is 0.204. The van der Waals surface area contributed by atoms with Gasteiger partial charge in [0.1, 0.15) is 6.73 Å². The molecule has 0 atom stereocenters. The molecule has 1 fully saturated rings. The Labute approximate surface area is 170 Å². The van der Waals surface area contributed by atoms with E-state index in [1.807, 2.05) is 19.9 Å². The molecular formula is C19H39NO2Y. The molecule has 3 nitrogen and oxygen atoms in total. The van der Waals surface area contributed by atoms with Crippen LogP contribution < -0.4 is 5.32 Å². The molecule has 0 bridgehead atoms. The van der Waals surface area contributed by atoms with Crippen molar-refractivity contribution in [2.24, 2.45) is 0 Å². The van der Waals surface area contributed by atoms with Gasteiger partial charge in [-0.2, -0.15) is 0 Å². The summed E-state index contributed by atoms with van der Waals surface area (Å²) in [6.07, 6.45) is 1.57. The van der Waals surface area contributed by atoms with Crippen LogP contribution >= 0.6 is 0 Å². The predicted molar refractivity (Wildman–Crippen MR) is 99.1 cm³/mol. The van der Waals surface area contributed by atoms with Crippen LogP contribution in [0.15, 0.2) is 30.3 Å². The Bertz CT molecular complexity index is 352. The third-order valence-corrected chi connectivity index (χ3v) is 2.98. The van der Waals surface area contributed by atoms with Crippen molar-refractivity contribution >= 4 is 0 Å². The molecule has 135 valence electrons. The zero-order valence-corrected chi connectivity index (χ0v) is 15.9. The van der Waals surface area contributed by atoms with Gasteiger partial charge in [0, 0.05) is 51.6 Å². The monoisotopic (exact) mass is 402 g/mol. The van der Waals surface area contributed by atoms with E-state index >= 15 is 0 Å². The Morgan fingerprint density at radius 1 is 1.04 bits per heavy atom. The summed E-state index contributed by atoms with van der Waals surface area (Å²) in [4.78, 5) is 0. The minimum absolute atomic E-state index is 0. The fourth-order valence-electron chi connectivity index (χ4n) is 1.43. The van der Waals surface area contributed by atoms with E-state index in [0.29, 0.717) is 18.7 Å². The molecule has 23 heavy (non-hydrogen) atoms. The first kappa shape index (κ1) is 31.0. The first-order valence-electron chi connectivity index (χ1n) is 7.07. The quantitative estimate of drug-likeness (QED) is 0.669. The number of nitrogens with one attached hydrogen (secondary N) is 1. The van der Waals surface area contributed by atoms with Crippen molar-refractivity contribution in [1.29, 1.82) is 0 Å². The smallest absolute Gasteiger partial charge is 0.167 e. The molecule has 0 heterocycles. The Kier molecular flexibility index (Phi) is 21.2. The van der Waals surface area contributed by atoms with E-state index in [2.05, 4.69) is 43.4 Å². The summed E-state index contributed by atoms with van der Waals surface area (Å²) < 4.78 is 5.10. The van der Waals surface area contributed by atoms with Gasteiger partial charge in [-0.05, 0) is 25.3 Å². The van der Waals surface area contributed by atoms with Crippen molar-refractivity contribution in [3.8, 4) is 0 Å². The van der Waals surface area contributed by atoms with Gasteiger partial charge in [0.25, 0.3) is 0 Å². The van der Waals surface area contributed by atoms with Crippen molar-refractivity contribution < 1.29 is 42.6 Å².